The van der Waals surface area contributed by atoms with Crippen molar-refractivity contribution in [2.75, 3.05) is 7.11 Å². The van der Waals surface area contributed by atoms with Crippen molar-refractivity contribution < 1.29 is 4.74 Å². The molecule has 0 saturated heterocycles. The van der Waals surface area contributed by atoms with Crippen molar-refractivity contribution in [2.45, 2.75) is 5.60 Å². The fourth-order valence-electron chi connectivity index (χ4n) is 1.87. The van der Waals surface area contributed by atoms with Gasteiger partial charge in [0.1, 0.15) is 0 Å². The maximum Gasteiger partial charge on any atom is 0.173 e. The minimum absolute atomic E-state index is 0.169. The molecule has 2 bridgehead atoms. The summed E-state index contributed by atoms with van der Waals surface area (Å²) >= 11 is 0. The summed E-state index contributed by atoms with van der Waals surface area (Å²) in [4.78, 5) is 0. The first-order valence-electron chi connectivity index (χ1n) is 3.66. The molecule has 0 spiro atoms. The van der Waals surface area contributed by atoms with Crippen LogP contribution >= 0.6 is 0 Å². The maximum absolute atomic E-state index is 8.94. The van der Waals surface area contributed by atoms with E-state index in [2.05, 4.69) is 6.07 Å². The van der Waals surface area contributed by atoms with Crippen molar-refractivity contribution in [2.24, 2.45) is 11.8 Å². The summed E-state index contributed by atoms with van der Waals surface area (Å²) < 4.78 is 5.25. The van der Waals surface area contributed by atoms with Gasteiger partial charge in [0, 0.05) is 18.9 Å². The Morgan fingerprint density at radius 1 is 1.27 bits per heavy atom. The third-order valence-electron chi connectivity index (χ3n) is 2.55. The predicted octanol–water partition coefficient (Wildman–Crippen LogP) is 1.27. The summed E-state index contributed by atoms with van der Waals surface area (Å²) in [7, 11) is 1.60. The van der Waals surface area contributed by atoms with Crippen LogP contribution in [0.1, 0.15) is 0 Å². The largest absolute Gasteiger partial charge is 0.361 e. The Morgan fingerprint density at radius 2 is 1.73 bits per heavy atom. The molecule has 0 amide bonds. The number of hydrogen-bond donors (Lipinski definition) is 0. The lowest BCUT2D eigenvalue weighted by Crippen LogP contribution is -2.36. The monoisotopic (exact) mass is 147 g/mol. The average Bonchev–Trinajstić information content (AvgIpc) is 2.59. The number of ether oxygens (including phenoxy) is 1. The van der Waals surface area contributed by atoms with E-state index in [0.29, 0.717) is 0 Å². The Labute approximate surface area is 65.8 Å². The summed E-state index contributed by atoms with van der Waals surface area (Å²) in [5.41, 5.74) is -0.611. The Hall–Kier alpha value is -1.07. The molecule has 2 nitrogen and oxygen atoms in total. The molecule has 0 saturated carbocycles. The van der Waals surface area contributed by atoms with Gasteiger partial charge in [-0.15, -0.1) is 0 Å². The summed E-state index contributed by atoms with van der Waals surface area (Å²) in [5, 5.41) is 8.94. The summed E-state index contributed by atoms with van der Waals surface area (Å²) in [6.07, 6.45) is 8.16. The molecule has 2 aliphatic rings. The molecule has 0 aromatic heterocycles. The van der Waals surface area contributed by atoms with Gasteiger partial charge in [-0.2, -0.15) is 5.26 Å². The first-order valence-corrected chi connectivity index (χ1v) is 3.66. The van der Waals surface area contributed by atoms with E-state index in [4.69, 9.17) is 10.00 Å². The van der Waals surface area contributed by atoms with Crippen LogP contribution < -0.4 is 0 Å². The van der Waals surface area contributed by atoms with Gasteiger partial charge in [0.25, 0.3) is 0 Å². The molecule has 0 unspecified atom stereocenters. The summed E-state index contributed by atoms with van der Waals surface area (Å²) in [5.74, 6) is 0.338. The molecule has 0 fully saturated rings. The van der Waals surface area contributed by atoms with Crippen LogP contribution in [0.15, 0.2) is 24.3 Å². The fourth-order valence-corrected chi connectivity index (χ4v) is 1.87. The van der Waals surface area contributed by atoms with Crippen LogP contribution in [0.4, 0.5) is 0 Å². The molecule has 56 valence electrons. The highest BCUT2D eigenvalue weighted by atomic mass is 16.5. The van der Waals surface area contributed by atoms with Crippen LogP contribution in [0.3, 0.4) is 0 Å². The summed E-state index contributed by atoms with van der Waals surface area (Å²) in [6.45, 7) is 0. The second kappa shape index (κ2) is 1.96. The van der Waals surface area contributed by atoms with E-state index in [1.54, 1.807) is 7.11 Å². The zero-order valence-electron chi connectivity index (χ0n) is 6.32. The number of nitriles is 1. The Morgan fingerprint density at radius 3 is 1.91 bits per heavy atom. The van der Waals surface area contributed by atoms with E-state index in [0.717, 1.165) is 0 Å². The van der Waals surface area contributed by atoms with Gasteiger partial charge in [-0.1, -0.05) is 24.3 Å². The standard InChI is InChI=1S/C9H9NO/c1-11-9(6-10)7-2-3-8(9)5-4-7/h2-5,7-8H,1H3. The van der Waals surface area contributed by atoms with Gasteiger partial charge in [0.05, 0.1) is 6.07 Å². The molecule has 2 aliphatic carbocycles. The molecular weight excluding hydrogens is 138 g/mol. The third-order valence-corrected chi connectivity index (χ3v) is 2.55. The third kappa shape index (κ3) is 0.591. The minimum Gasteiger partial charge on any atom is -0.361 e. The number of fused-ring (bicyclic) bond motifs is 2. The van der Waals surface area contributed by atoms with Gasteiger partial charge < -0.3 is 4.74 Å². The highest BCUT2D eigenvalue weighted by molar-refractivity contribution is 5.38. The Balaban J connectivity index is 2.40. The lowest BCUT2D eigenvalue weighted by molar-refractivity contribution is 0.0148. The van der Waals surface area contributed by atoms with Crippen molar-refractivity contribution in [1.29, 1.82) is 5.26 Å². The number of rotatable bonds is 1. The van der Waals surface area contributed by atoms with Gasteiger partial charge in [-0.3, -0.25) is 0 Å². The molecular formula is C9H9NO. The molecule has 0 aliphatic heterocycles. The van der Waals surface area contributed by atoms with E-state index in [1.165, 1.54) is 0 Å². The molecule has 0 radical (unpaired) electrons. The van der Waals surface area contributed by atoms with E-state index in [-0.39, 0.29) is 11.8 Å². The van der Waals surface area contributed by atoms with Gasteiger partial charge in [0.15, 0.2) is 5.60 Å². The predicted molar refractivity (Wildman–Crippen MR) is 40.6 cm³/mol. The normalized spacial score (nSPS) is 44.7. The lowest BCUT2D eigenvalue weighted by Gasteiger charge is -2.24. The van der Waals surface area contributed by atoms with Crippen LogP contribution in [0.2, 0.25) is 0 Å². The van der Waals surface area contributed by atoms with Gasteiger partial charge in [0.2, 0.25) is 0 Å². The number of nitrogens with zero attached hydrogens (tertiary/aromatic N) is 1. The molecule has 0 aromatic rings. The first kappa shape index (κ1) is 6.63. The number of hydrogen-bond acceptors (Lipinski definition) is 2. The number of methoxy groups -OCH3 is 1. The zero-order chi connectivity index (χ0) is 7.90. The molecule has 0 heterocycles. The molecule has 2 rings (SSSR count). The van der Waals surface area contributed by atoms with Gasteiger partial charge in [-0.25, -0.2) is 0 Å². The smallest absolute Gasteiger partial charge is 0.173 e. The lowest BCUT2D eigenvalue weighted by atomic mass is 9.91. The van der Waals surface area contributed by atoms with Gasteiger partial charge in [-0.05, 0) is 0 Å². The van der Waals surface area contributed by atoms with E-state index in [9.17, 15) is 0 Å². The molecule has 0 atom stereocenters. The molecule has 11 heavy (non-hydrogen) atoms. The van der Waals surface area contributed by atoms with E-state index in [1.807, 2.05) is 24.3 Å². The average molecular weight is 147 g/mol. The molecule has 0 N–H and O–H groups in total. The Bertz CT molecular complexity index is 242. The SMILES string of the molecule is COC1(C#N)C2C=CC1C=C2. The first-order chi connectivity index (χ1) is 5.33. The van der Waals surface area contributed by atoms with Crippen molar-refractivity contribution in [3.8, 4) is 6.07 Å². The van der Waals surface area contributed by atoms with Crippen molar-refractivity contribution in [1.82, 2.24) is 0 Å². The van der Waals surface area contributed by atoms with Crippen molar-refractivity contribution in [3.63, 3.8) is 0 Å². The minimum atomic E-state index is -0.611. The van der Waals surface area contributed by atoms with Crippen molar-refractivity contribution in [3.05, 3.63) is 24.3 Å². The van der Waals surface area contributed by atoms with Crippen LogP contribution in [0.25, 0.3) is 0 Å². The van der Waals surface area contributed by atoms with Gasteiger partial charge >= 0.3 is 0 Å². The van der Waals surface area contributed by atoms with E-state index < -0.39 is 5.60 Å². The second-order valence-corrected chi connectivity index (χ2v) is 2.93. The second-order valence-electron chi connectivity index (χ2n) is 2.93. The highest BCUT2D eigenvalue weighted by Gasteiger charge is 2.49. The van der Waals surface area contributed by atoms with Crippen molar-refractivity contribution >= 4 is 0 Å². The van der Waals surface area contributed by atoms with Crippen LogP contribution in [-0.2, 0) is 4.74 Å². The molecule has 2 heteroatoms. The topological polar surface area (TPSA) is 33.0 Å². The quantitative estimate of drug-likeness (QED) is 0.523. The van der Waals surface area contributed by atoms with E-state index >= 15 is 0 Å². The van der Waals surface area contributed by atoms with Crippen LogP contribution in [0, 0.1) is 23.2 Å². The molecule has 0 aromatic carbocycles. The zero-order valence-corrected chi connectivity index (χ0v) is 6.32. The highest BCUT2D eigenvalue weighted by Crippen LogP contribution is 2.44. The fraction of sp³-hybridized carbons (Fsp3) is 0.444. The van der Waals surface area contributed by atoms with Crippen LogP contribution in [0.5, 0.6) is 0 Å². The summed E-state index contributed by atoms with van der Waals surface area (Å²) in [6, 6.07) is 2.24. The van der Waals surface area contributed by atoms with Crippen LogP contribution in [-0.4, -0.2) is 12.7 Å². The Kier molecular flexibility index (Phi) is 1.18. The maximum atomic E-state index is 8.94.